The Balaban J connectivity index is -0.0000000154. The Hall–Kier alpha value is 2.22. The Labute approximate surface area is 360 Å². The first-order valence-corrected chi connectivity index (χ1v) is 14.5. The molecule has 0 heterocycles. The third kappa shape index (κ3) is 578. The molecule has 16 nitrogen and oxygen atoms in total. The Morgan fingerprint density at radius 1 is 0.204 bits per heavy atom. The van der Waals surface area contributed by atoms with Gasteiger partial charge in [-0.2, -0.15) is 0 Å². The van der Waals surface area contributed by atoms with E-state index in [4.69, 9.17) is 61.3 Å². The van der Waals surface area contributed by atoms with E-state index in [1.807, 2.05) is 0 Å². The summed E-state index contributed by atoms with van der Waals surface area (Å²) in [5.74, 6) is 0. The van der Waals surface area contributed by atoms with Gasteiger partial charge in [-0.15, -0.1) is 106 Å². The maximum atomic E-state index is 10.0. The van der Waals surface area contributed by atoms with Gasteiger partial charge in [0.1, 0.15) is 0 Å². The first-order valence-electron chi connectivity index (χ1n) is 14.5. The van der Waals surface area contributed by atoms with Gasteiger partial charge in [0.2, 0.25) is 0 Å². The van der Waals surface area contributed by atoms with E-state index in [0.717, 1.165) is 0 Å². The smallest absolute Gasteiger partial charge is 0.855 e. The molecule has 20 heteroatoms. The minimum Gasteiger partial charge on any atom is -0.855 e. The Kier molecular flexibility index (Phi) is 467. The molecule has 0 amide bonds. The van der Waals surface area contributed by atoms with E-state index in [1.165, 1.54) is 0 Å². The fourth-order valence-electron chi connectivity index (χ4n) is 0.250. The number of hydrogen-bond donors (Lipinski definition) is 0. The molecule has 0 spiro atoms. The average Bonchev–Trinajstić information content (AvgIpc) is 2.96. The van der Waals surface area contributed by atoms with E-state index in [1.54, 1.807) is 83.1 Å². The van der Waals surface area contributed by atoms with Crippen LogP contribution in [0, 0.1) is 5.41 Å². The maximum Gasteiger partial charge on any atom is 4.00 e. The van der Waals surface area contributed by atoms with Crippen LogP contribution >= 0.6 is 0 Å². The molecular weight excluding hydrogens is 796 g/mol. The fraction of sp³-hybridized carbons (Fsp3) is 1.00. The van der Waals surface area contributed by atoms with Gasteiger partial charge in [0, 0.05) is 0 Å². The van der Waals surface area contributed by atoms with Crippen LogP contribution < -0.4 is 81.7 Å². The molecule has 0 N–H and O–H groups in total. The molecule has 0 rings (SSSR count). The zero-order valence-corrected chi connectivity index (χ0v) is 38.6. The van der Waals surface area contributed by atoms with Gasteiger partial charge in [-0.3, -0.25) is 0 Å². The van der Waals surface area contributed by atoms with Gasteiger partial charge < -0.3 is 81.7 Å². The fourth-order valence-corrected chi connectivity index (χ4v) is 0.250. The maximum absolute atomic E-state index is 10.0. The van der Waals surface area contributed by atoms with Crippen LogP contribution in [-0.2, 0) is 86.9 Å². The van der Waals surface area contributed by atoms with Crippen LogP contribution in [0.1, 0.15) is 83.1 Å². The van der Waals surface area contributed by atoms with Gasteiger partial charge in [-0.1, -0.05) is 88.5 Å². The van der Waals surface area contributed by atoms with Crippen molar-refractivity contribution in [2.45, 2.75) is 83.1 Å². The summed E-state index contributed by atoms with van der Waals surface area (Å²) in [6.45, 7) is 15.5. The summed E-state index contributed by atoms with van der Waals surface area (Å²) in [6.07, 6.45) is 0. The SMILES string of the molecule is CC[O-].CC[O-].CC[O-].CC[O-].CC[O-].CC[O-].CC[O-].CC[O-].CC[O-].CC[O-].CC[O-].CC[O-].[O-]CC(C[O-])(C[O-])C[O-].[Ti+4].[Ti+4].[Ti+4].[Ti+4]. The van der Waals surface area contributed by atoms with Crippen LogP contribution in [0.15, 0.2) is 0 Å². The second-order valence-corrected chi connectivity index (χ2v) is 5.54. The van der Waals surface area contributed by atoms with E-state index in [9.17, 15) is 20.4 Å². The standard InChI is InChI=1S/C5H8O4.12C2H5O.4Ti/c6-1-5(2-7,3-8)4-9;12*1-2-3;;;;/h1-4H2;12*2H2,1H3;;;;/q-4;12*-1;4*+4. The van der Waals surface area contributed by atoms with Gasteiger partial charge in [-0.25, -0.2) is 0 Å². The van der Waals surface area contributed by atoms with Gasteiger partial charge >= 0.3 is 86.9 Å². The van der Waals surface area contributed by atoms with Gasteiger partial charge in [0.25, 0.3) is 0 Å². The van der Waals surface area contributed by atoms with Crippen molar-refractivity contribution < 1.29 is 169 Å². The third-order valence-corrected chi connectivity index (χ3v) is 1.22. The molecule has 0 aliphatic carbocycles. The molecule has 296 valence electrons. The minimum atomic E-state index is -1.56. The summed E-state index contributed by atoms with van der Waals surface area (Å²) < 4.78 is 0. The first kappa shape index (κ1) is 110. The van der Waals surface area contributed by atoms with Crippen molar-refractivity contribution in [3.8, 4) is 0 Å². The Morgan fingerprint density at radius 2 is 0.245 bits per heavy atom. The third-order valence-electron chi connectivity index (χ3n) is 1.22. The summed E-state index contributed by atoms with van der Waals surface area (Å²) in [7, 11) is 0. The molecule has 0 saturated carbocycles. The van der Waals surface area contributed by atoms with Crippen molar-refractivity contribution in [2.24, 2.45) is 5.41 Å². The van der Waals surface area contributed by atoms with Crippen LogP contribution in [0.5, 0.6) is 0 Å². The largest absolute Gasteiger partial charge is 4.00 e. The Morgan fingerprint density at radius 3 is 0.245 bits per heavy atom. The van der Waals surface area contributed by atoms with Crippen molar-refractivity contribution in [1.29, 1.82) is 0 Å². The van der Waals surface area contributed by atoms with Crippen LogP contribution in [-0.4, -0.2) is 106 Å². The van der Waals surface area contributed by atoms with Crippen molar-refractivity contribution in [1.82, 2.24) is 0 Å². The topological polar surface area (TPSA) is 369 Å². The van der Waals surface area contributed by atoms with Crippen LogP contribution in [0.4, 0.5) is 0 Å². The molecular formula is C29H68O16Ti4. The van der Waals surface area contributed by atoms with Crippen LogP contribution in [0.3, 0.4) is 0 Å². The molecule has 0 fully saturated rings. The second kappa shape index (κ2) is 207. The van der Waals surface area contributed by atoms with Crippen LogP contribution in [0.25, 0.3) is 0 Å². The molecule has 0 aromatic heterocycles. The quantitative estimate of drug-likeness (QED) is 0.237. The van der Waals surface area contributed by atoms with E-state index >= 15 is 0 Å². The van der Waals surface area contributed by atoms with E-state index in [0.29, 0.717) is 0 Å². The summed E-state index contributed by atoms with van der Waals surface area (Å²) in [4.78, 5) is 0. The molecule has 0 aliphatic heterocycles. The predicted octanol–water partition coefficient (Wildman–Crippen LogP) is -12.2. The number of hydrogen-bond acceptors (Lipinski definition) is 16. The van der Waals surface area contributed by atoms with Gasteiger partial charge in [0.05, 0.1) is 0 Å². The zero-order chi connectivity index (χ0) is 39.8. The van der Waals surface area contributed by atoms with Gasteiger partial charge in [0.15, 0.2) is 0 Å². The molecule has 0 bridgehead atoms. The van der Waals surface area contributed by atoms with E-state index < -0.39 is 31.8 Å². The first-order chi connectivity index (χ1) is 21.2. The van der Waals surface area contributed by atoms with Crippen molar-refractivity contribution in [3.63, 3.8) is 0 Å². The molecule has 0 aromatic carbocycles. The van der Waals surface area contributed by atoms with Crippen molar-refractivity contribution >= 4 is 0 Å². The summed E-state index contributed by atoms with van der Waals surface area (Å²) in [5, 5.41) is 147. The summed E-state index contributed by atoms with van der Waals surface area (Å²) >= 11 is 0. The molecule has 0 radical (unpaired) electrons. The molecule has 49 heavy (non-hydrogen) atoms. The van der Waals surface area contributed by atoms with Gasteiger partial charge in [-0.05, 0) is 0 Å². The molecule has 0 atom stereocenters. The van der Waals surface area contributed by atoms with Crippen molar-refractivity contribution in [3.05, 3.63) is 0 Å². The Bertz CT molecular complexity index is 192. The van der Waals surface area contributed by atoms with E-state index in [-0.39, 0.29) is 166 Å². The molecule has 0 aliphatic rings. The normalized spacial score (nSPS) is 6.61. The zero-order valence-electron chi connectivity index (χ0n) is 32.3. The summed E-state index contributed by atoms with van der Waals surface area (Å²) in [5.41, 5.74) is -1.56. The monoisotopic (exact) mass is 864 g/mol. The minimum absolute atomic E-state index is 0. The van der Waals surface area contributed by atoms with Crippen LogP contribution in [0.2, 0.25) is 0 Å². The molecule has 0 saturated heterocycles. The molecule has 0 unspecified atom stereocenters. The predicted molar refractivity (Wildman–Crippen MR) is 148 cm³/mol. The summed E-state index contributed by atoms with van der Waals surface area (Å²) in [6, 6.07) is 0. The van der Waals surface area contributed by atoms with Crippen molar-refractivity contribution in [2.75, 3.05) is 106 Å². The molecule has 0 aromatic rings. The van der Waals surface area contributed by atoms with E-state index in [2.05, 4.69) is 0 Å². The number of rotatable bonds is 4. The second-order valence-electron chi connectivity index (χ2n) is 5.54. The average molecular weight is 864 g/mol.